The first-order valence-corrected chi connectivity index (χ1v) is 6.00. The second-order valence-electron chi connectivity index (χ2n) is 4.55. The molecule has 0 radical (unpaired) electrons. The molecule has 0 heterocycles. The van der Waals surface area contributed by atoms with Gasteiger partial charge in [0, 0.05) is 0 Å². The van der Waals surface area contributed by atoms with Crippen molar-refractivity contribution >= 4 is 12.6 Å². The summed E-state index contributed by atoms with van der Waals surface area (Å²) in [4.78, 5) is 22.2. The summed E-state index contributed by atoms with van der Waals surface area (Å²) in [5, 5.41) is 0. The second kappa shape index (κ2) is 5.33. The van der Waals surface area contributed by atoms with E-state index >= 15 is 0 Å². The largest absolute Gasteiger partial charge is 0.298 e. The summed E-state index contributed by atoms with van der Waals surface area (Å²) in [5.74, 6) is -1.31. The van der Waals surface area contributed by atoms with Crippen LogP contribution in [0.1, 0.15) is 31.8 Å². The zero-order valence-corrected chi connectivity index (χ0v) is 11.0. The molecule has 0 saturated carbocycles. The summed E-state index contributed by atoms with van der Waals surface area (Å²) in [6.07, 6.45) is 0.758. The molecule has 2 rings (SSSR count). The van der Waals surface area contributed by atoms with Gasteiger partial charge >= 0.3 is 0 Å². The molecule has 102 valence electrons. The lowest BCUT2D eigenvalue weighted by Gasteiger charge is -2.12. The number of carbonyl (C=O) groups is 2. The van der Waals surface area contributed by atoms with Gasteiger partial charge in [-0.05, 0) is 36.1 Å². The van der Waals surface area contributed by atoms with Crippen LogP contribution in [0.2, 0.25) is 0 Å². The predicted octanol–water partition coefficient (Wildman–Crippen LogP) is 3.87. The van der Waals surface area contributed by atoms with Crippen LogP contribution in [0.3, 0.4) is 0 Å². The van der Waals surface area contributed by atoms with Crippen LogP contribution in [0.25, 0.3) is 11.1 Å². The summed E-state index contributed by atoms with van der Waals surface area (Å²) >= 11 is 0. The van der Waals surface area contributed by atoms with Crippen molar-refractivity contribution in [1.29, 1.82) is 0 Å². The predicted molar refractivity (Wildman–Crippen MR) is 72.0 cm³/mol. The monoisotopic (exact) mass is 274 g/mol. The van der Waals surface area contributed by atoms with Crippen molar-refractivity contribution in [1.82, 2.24) is 0 Å². The Kier molecular flexibility index (Phi) is 3.74. The first kappa shape index (κ1) is 14.1. The lowest BCUT2D eigenvalue weighted by molar-refractivity contribution is 0.111. The molecule has 0 aromatic heterocycles. The maximum Gasteiger partial charge on any atom is 0.153 e. The number of aryl methyl sites for hydroxylation is 2. The quantitative estimate of drug-likeness (QED) is 0.796. The molecule has 0 aliphatic carbocycles. The number of hydrogen-bond donors (Lipinski definition) is 0. The lowest BCUT2D eigenvalue weighted by atomic mass is 9.93. The Morgan fingerprint density at radius 3 is 1.40 bits per heavy atom. The van der Waals surface area contributed by atoms with Crippen molar-refractivity contribution in [3.05, 3.63) is 58.2 Å². The molecule has 0 bridgehead atoms. The van der Waals surface area contributed by atoms with Crippen LogP contribution < -0.4 is 0 Å². The van der Waals surface area contributed by atoms with Gasteiger partial charge in [0.2, 0.25) is 0 Å². The molecule has 0 aliphatic rings. The minimum Gasteiger partial charge on any atom is -0.298 e. The smallest absolute Gasteiger partial charge is 0.153 e. The minimum absolute atomic E-state index is 0.170. The molecular weight excluding hydrogens is 262 g/mol. The highest BCUT2D eigenvalue weighted by Crippen LogP contribution is 2.30. The molecule has 0 fully saturated rings. The topological polar surface area (TPSA) is 34.1 Å². The first-order chi connectivity index (χ1) is 9.51. The average Bonchev–Trinajstić information content (AvgIpc) is 2.44. The van der Waals surface area contributed by atoms with Crippen LogP contribution in [0, 0.1) is 25.5 Å². The molecule has 0 saturated heterocycles. The van der Waals surface area contributed by atoms with E-state index in [0.717, 1.165) is 0 Å². The molecule has 0 spiro atoms. The Balaban J connectivity index is 2.82. The van der Waals surface area contributed by atoms with E-state index in [1.165, 1.54) is 38.1 Å². The van der Waals surface area contributed by atoms with Gasteiger partial charge in [-0.2, -0.15) is 0 Å². The van der Waals surface area contributed by atoms with Crippen molar-refractivity contribution < 1.29 is 18.4 Å². The highest BCUT2D eigenvalue weighted by molar-refractivity contribution is 5.95. The van der Waals surface area contributed by atoms with Crippen LogP contribution in [0.15, 0.2) is 24.3 Å². The molecule has 0 amide bonds. The van der Waals surface area contributed by atoms with Crippen molar-refractivity contribution in [2.24, 2.45) is 0 Å². The fourth-order valence-electron chi connectivity index (χ4n) is 2.10. The van der Waals surface area contributed by atoms with Gasteiger partial charge in [-0.15, -0.1) is 0 Å². The fraction of sp³-hybridized carbons (Fsp3) is 0.125. The molecule has 0 unspecified atom stereocenters. The zero-order valence-electron chi connectivity index (χ0n) is 11.0. The van der Waals surface area contributed by atoms with E-state index in [-0.39, 0.29) is 22.3 Å². The third-order valence-electron chi connectivity index (χ3n) is 3.27. The highest BCUT2D eigenvalue weighted by Gasteiger charge is 2.17. The number of aldehydes is 2. The summed E-state index contributed by atoms with van der Waals surface area (Å²) in [5.41, 5.74) is 0.716. The minimum atomic E-state index is -0.657. The highest BCUT2D eigenvalue weighted by atomic mass is 19.1. The van der Waals surface area contributed by atoms with E-state index in [1.807, 2.05) is 0 Å². The third kappa shape index (κ3) is 2.13. The average molecular weight is 274 g/mol. The van der Waals surface area contributed by atoms with E-state index in [0.29, 0.717) is 23.7 Å². The molecule has 2 nitrogen and oxygen atoms in total. The standard InChI is InChI=1S/C16H12F2O2/c1-9-3-5-11(13(7-19)15(9)17)12-6-4-10(2)16(18)14(12)8-20/h3-8H,1-2H3. The summed E-state index contributed by atoms with van der Waals surface area (Å²) in [6.45, 7) is 3.06. The molecule has 0 atom stereocenters. The normalized spacial score (nSPS) is 10.4. The SMILES string of the molecule is Cc1ccc(-c2ccc(C)c(F)c2C=O)c(C=O)c1F. The summed E-state index contributed by atoms with van der Waals surface area (Å²) in [6, 6.07) is 6.01. The molecule has 0 aliphatic heterocycles. The summed E-state index contributed by atoms with van der Waals surface area (Å²) in [7, 11) is 0. The van der Waals surface area contributed by atoms with Crippen LogP contribution >= 0.6 is 0 Å². The van der Waals surface area contributed by atoms with Crippen molar-refractivity contribution in [2.75, 3.05) is 0 Å². The van der Waals surface area contributed by atoms with E-state index in [9.17, 15) is 18.4 Å². The van der Waals surface area contributed by atoms with E-state index in [4.69, 9.17) is 0 Å². The van der Waals surface area contributed by atoms with Crippen molar-refractivity contribution in [3.63, 3.8) is 0 Å². The zero-order chi connectivity index (χ0) is 14.9. The Morgan fingerprint density at radius 2 is 1.10 bits per heavy atom. The number of benzene rings is 2. The van der Waals surface area contributed by atoms with E-state index in [1.54, 1.807) is 0 Å². The third-order valence-corrected chi connectivity index (χ3v) is 3.27. The van der Waals surface area contributed by atoms with Gasteiger partial charge in [0.25, 0.3) is 0 Å². The Morgan fingerprint density at radius 1 is 0.750 bits per heavy atom. The van der Waals surface area contributed by atoms with Gasteiger partial charge in [0.15, 0.2) is 12.6 Å². The van der Waals surface area contributed by atoms with E-state index < -0.39 is 11.6 Å². The van der Waals surface area contributed by atoms with E-state index in [2.05, 4.69) is 0 Å². The second-order valence-corrected chi connectivity index (χ2v) is 4.55. The van der Waals surface area contributed by atoms with Gasteiger partial charge in [0.1, 0.15) is 11.6 Å². The number of halogens is 2. The van der Waals surface area contributed by atoms with Crippen LogP contribution in [-0.4, -0.2) is 12.6 Å². The number of carbonyl (C=O) groups excluding carboxylic acids is 2. The molecule has 4 heteroatoms. The molecule has 2 aromatic rings. The summed E-state index contributed by atoms with van der Waals surface area (Å²) < 4.78 is 27.9. The molecule has 20 heavy (non-hydrogen) atoms. The van der Waals surface area contributed by atoms with Gasteiger partial charge < -0.3 is 0 Å². The lowest BCUT2D eigenvalue weighted by Crippen LogP contribution is -2.01. The Bertz CT molecular complexity index is 645. The molecular formula is C16H12F2O2. The van der Waals surface area contributed by atoms with Crippen LogP contribution in [0.4, 0.5) is 8.78 Å². The van der Waals surface area contributed by atoms with Gasteiger partial charge in [-0.3, -0.25) is 9.59 Å². The Hall–Kier alpha value is -2.36. The number of hydrogen-bond acceptors (Lipinski definition) is 2. The van der Waals surface area contributed by atoms with Gasteiger partial charge in [0.05, 0.1) is 11.1 Å². The number of rotatable bonds is 3. The maximum absolute atomic E-state index is 14.0. The van der Waals surface area contributed by atoms with Crippen LogP contribution in [0.5, 0.6) is 0 Å². The van der Waals surface area contributed by atoms with Gasteiger partial charge in [-0.1, -0.05) is 24.3 Å². The fourth-order valence-corrected chi connectivity index (χ4v) is 2.10. The molecule has 2 aromatic carbocycles. The van der Waals surface area contributed by atoms with Crippen LogP contribution in [-0.2, 0) is 0 Å². The van der Waals surface area contributed by atoms with Crippen molar-refractivity contribution in [2.45, 2.75) is 13.8 Å². The maximum atomic E-state index is 14.0. The van der Waals surface area contributed by atoms with Gasteiger partial charge in [-0.25, -0.2) is 8.78 Å². The van der Waals surface area contributed by atoms with Crippen molar-refractivity contribution in [3.8, 4) is 11.1 Å². The Labute approximate surface area is 115 Å². The first-order valence-electron chi connectivity index (χ1n) is 6.00. The molecule has 0 N–H and O–H groups in total.